The number of rotatable bonds is 2. The van der Waals surface area contributed by atoms with Gasteiger partial charge in [-0.2, -0.15) is 0 Å². The van der Waals surface area contributed by atoms with Gasteiger partial charge in [0.1, 0.15) is 6.17 Å². The Labute approximate surface area is 113 Å². The van der Waals surface area contributed by atoms with Gasteiger partial charge in [-0.25, -0.2) is 14.4 Å². The quantitative estimate of drug-likeness (QED) is 0.887. The molecule has 0 amide bonds. The standard InChI is InChI=1S/C14H21FN4/c1-10-4-6-16-13(17-10)18-11-3-5-14(12(15)7-11)8-19(2)9-14/h4,6,11-12H,3,5,7-9H2,1-2H3,(H,16,17,18). The van der Waals surface area contributed by atoms with E-state index < -0.39 is 6.17 Å². The van der Waals surface area contributed by atoms with Crippen LogP contribution in [0.25, 0.3) is 0 Å². The lowest BCUT2D eigenvalue weighted by atomic mass is 9.66. The topological polar surface area (TPSA) is 41.1 Å². The zero-order chi connectivity index (χ0) is 13.5. The van der Waals surface area contributed by atoms with Gasteiger partial charge in [0, 0.05) is 36.4 Å². The molecule has 2 atom stereocenters. The lowest BCUT2D eigenvalue weighted by Crippen LogP contribution is -2.61. The molecule has 1 spiro atoms. The van der Waals surface area contributed by atoms with Gasteiger partial charge in [-0.15, -0.1) is 0 Å². The van der Waals surface area contributed by atoms with E-state index >= 15 is 0 Å². The molecular formula is C14H21FN4. The van der Waals surface area contributed by atoms with Crippen LogP contribution in [0.2, 0.25) is 0 Å². The van der Waals surface area contributed by atoms with E-state index in [4.69, 9.17) is 0 Å². The summed E-state index contributed by atoms with van der Waals surface area (Å²) in [5, 5.41) is 3.27. The summed E-state index contributed by atoms with van der Waals surface area (Å²) >= 11 is 0. The highest BCUT2D eigenvalue weighted by atomic mass is 19.1. The zero-order valence-electron chi connectivity index (χ0n) is 11.6. The fourth-order valence-corrected chi connectivity index (χ4v) is 3.45. The molecule has 19 heavy (non-hydrogen) atoms. The van der Waals surface area contributed by atoms with Crippen LogP contribution >= 0.6 is 0 Å². The van der Waals surface area contributed by atoms with Crippen molar-refractivity contribution in [3.63, 3.8) is 0 Å². The second-order valence-corrected chi connectivity index (χ2v) is 6.14. The molecule has 2 heterocycles. The van der Waals surface area contributed by atoms with E-state index in [1.165, 1.54) is 0 Å². The van der Waals surface area contributed by atoms with Crippen molar-refractivity contribution in [2.75, 3.05) is 25.5 Å². The first-order chi connectivity index (χ1) is 9.07. The number of hydrogen-bond acceptors (Lipinski definition) is 4. The average molecular weight is 264 g/mol. The fraction of sp³-hybridized carbons (Fsp3) is 0.714. The summed E-state index contributed by atoms with van der Waals surface area (Å²) in [6, 6.07) is 2.02. The Hall–Kier alpha value is -1.23. The van der Waals surface area contributed by atoms with Crippen molar-refractivity contribution in [2.24, 2.45) is 5.41 Å². The second kappa shape index (κ2) is 4.71. The summed E-state index contributed by atoms with van der Waals surface area (Å²) in [5.41, 5.74) is 0.864. The normalized spacial score (nSPS) is 30.1. The van der Waals surface area contributed by atoms with Crippen molar-refractivity contribution < 1.29 is 4.39 Å². The van der Waals surface area contributed by atoms with Crippen molar-refractivity contribution in [1.82, 2.24) is 14.9 Å². The smallest absolute Gasteiger partial charge is 0.223 e. The number of halogens is 1. The SMILES string of the molecule is Cc1ccnc(NC2CCC3(CN(C)C3)C(F)C2)n1. The van der Waals surface area contributed by atoms with Gasteiger partial charge in [-0.3, -0.25) is 0 Å². The summed E-state index contributed by atoms with van der Waals surface area (Å²) in [7, 11) is 2.06. The Morgan fingerprint density at radius 1 is 1.47 bits per heavy atom. The molecule has 1 aromatic heterocycles. The van der Waals surface area contributed by atoms with Crippen LogP contribution < -0.4 is 5.32 Å². The number of anilines is 1. The molecule has 2 aliphatic rings. The first-order valence-electron chi connectivity index (χ1n) is 6.96. The Balaban J connectivity index is 1.60. The highest BCUT2D eigenvalue weighted by Crippen LogP contribution is 2.45. The number of aryl methyl sites for hydroxylation is 1. The fourth-order valence-electron chi connectivity index (χ4n) is 3.45. The molecule has 2 unspecified atom stereocenters. The van der Waals surface area contributed by atoms with Crippen LogP contribution in [0.1, 0.15) is 25.0 Å². The molecule has 104 valence electrons. The Bertz CT molecular complexity index is 459. The lowest BCUT2D eigenvalue weighted by Gasteiger charge is -2.54. The van der Waals surface area contributed by atoms with Gasteiger partial charge in [-0.1, -0.05) is 0 Å². The summed E-state index contributed by atoms with van der Waals surface area (Å²) in [6.07, 6.45) is 3.57. The maximum atomic E-state index is 14.4. The number of nitrogens with zero attached hydrogens (tertiary/aromatic N) is 3. The van der Waals surface area contributed by atoms with E-state index in [1.54, 1.807) is 6.20 Å². The van der Waals surface area contributed by atoms with E-state index in [2.05, 4.69) is 27.2 Å². The van der Waals surface area contributed by atoms with Crippen molar-refractivity contribution in [3.05, 3.63) is 18.0 Å². The minimum absolute atomic E-state index is 0.0691. The van der Waals surface area contributed by atoms with Crippen LogP contribution in [0, 0.1) is 12.3 Å². The third kappa shape index (κ3) is 2.43. The second-order valence-electron chi connectivity index (χ2n) is 6.14. The van der Waals surface area contributed by atoms with Crippen molar-refractivity contribution in [3.8, 4) is 0 Å². The Morgan fingerprint density at radius 3 is 2.89 bits per heavy atom. The zero-order valence-corrected chi connectivity index (χ0v) is 11.6. The minimum Gasteiger partial charge on any atom is -0.351 e. The molecule has 1 aliphatic carbocycles. The van der Waals surface area contributed by atoms with E-state index in [1.807, 2.05) is 13.0 Å². The third-order valence-electron chi connectivity index (χ3n) is 4.44. The molecule has 3 rings (SSSR count). The van der Waals surface area contributed by atoms with Crippen LogP contribution in [0.3, 0.4) is 0 Å². The van der Waals surface area contributed by atoms with E-state index in [9.17, 15) is 4.39 Å². The molecule has 1 aromatic rings. The van der Waals surface area contributed by atoms with Crippen molar-refractivity contribution in [1.29, 1.82) is 0 Å². The lowest BCUT2D eigenvalue weighted by molar-refractivity contribution is -0.0728. The Morgan fingerprint density at radius 2 is 2.26 bits per heavy atom. The van der Waals surface area contributed by atoms with E-state index in [0.29, 0.717) is 12.4 Å². The predicted molar refractivity (Wildman–Crippen MR) is 72.9 cm³/mol. The van der Waals surface area contributed by atoms with Crippen molar-refractivity contribution in [2.45, 2.75) is 38.4 Å². The van der Waals surface area contributed by atoms with Gasteiger partial charge >= 0.3 is 0 Å². The minimum atomic E-state index is -0.709. The number of hydrogen-bond donors (Lipinski definition) is 1. The maximum absolute atomic E-state index is 14.4. The average Bonchev–Trinajstić information content (AvgIpc) is 2.31. The predicted octanol–water partition coefficient (Wildman–Crippen LogP) is 2.02. The molecule has 4 nitrogen and oxygen atoms in total. The number of likely N-dealkylation sites (tertiary alicyclic amines) is 1. The van der Waals surface area contributed by atoms with Gasteiger partial charge in [0.15, 0.2) is 0 Å². The molecule has 1 aliphatic heterocycles. The highest BCUT2D eigenvalue weighted by molar-refractivity contribution is 5.27. The van der Waals surface area contributed by atoms with Crippen LogP contribution in [0.15, 0.2) is 12.3 Å². The van der Waals surface area contributed by atoms with Crippen LogP contribution in [-0.2, 0) is 0 Å². The van der Waals surface area contributed by atoms with Crippen molar-refractivity contribution >= 4 is 5.95 Å². The molecule has 0 radical (unpaired) electrons. The molecule has 0 bridgehead atoms. The van der Waals surface area contributed by atoms with Gasteiger partial charge in [0.2, 0.25) is 5.95 Å². The highest BCUT2D eigenvalue weighted by Gasteiger charge is 2.50. The molecule has 1 saturated carbocycles. The van der Waals surface area contributed by atoms with E-state index in [-0.39, 0.29) is 11.5 Å². The maximum Gasteiger partial charge on any atom is 0.223 e. The number of nitrogens with one attached hydrogen (secondary N) is 1. The summed E-state index contributed by atoms with van der Waals surface area (Å²) in [5.74, 6) is 0.624. The molecule has 1 saturated heterocycles. The third-order valence-corrected chi connectivity index (χ3v) is 4.44. The van der Waals surface area contributed by atoms with E-state index in [0.717, 1.165) is 31.6 Å². The summed E-state index contributed by atoms with van der Waals surface area (Å²) in [6.45, 7) is 3.74. The molecule has 0 aromatic carbocycles. The molecule has 2 fully saturated rings. The summed E-state index contributed by atoms with van der Waals surface area (Å²) < 4.78 is 14.4. The van der Waals surface area contributed by atoms with Gasteiger partial charge < -0.3 is 10.2 Å². The molecular weight excluding hydrogens is 243 g/mol. The van der Waals surface area contributed by atoms with Crippen LogP contribution in [0.5, 0.6) is 0 Å². The van der Waals surface area contributed by atoms with Gasteiger partial charge in [0.05, 0.1) is 0 Å². The Kier molecular flexibility index (Phi) is 3.17. The number of aromatic nitrogens is 2. The molecule has 1 N–H and O–H groups in total. The first kappa shape index (κ1) is 12.8. The molecule has 5 heteroatoms. The monoisotopic (exact) mass is 264 g/mol. The van der Waals surface area contributed by atoms with Crippen LogP contribution in [-0.4, -0.2) is 47.2 Å². The largest absolute Gasteiger partial charge is 0.351 e. The van der Waals surface area contributed by atoms with Gasteiger partial charge in [0.25, 0.3) is 0 Å². The number of alkyl halides is 1. The summed E-state index contributed by atoms with van der Waals surface area (Å²) in [4.78, 5) is 10.7. The first-order valence-corrected chi connectivity index (χ1v) is 6.96. The van der Waals surface area contributed by atoms with Crippen LogP contribution in [0.4, 0.5) is 10.3 Å². The van der Waals surface area contributed by atoms with Gasteiger partial charge in [-0.05, 0) is 39.3 Å².